The molecule has 0 spiro atoms. The van der Waals surface area contributed by atoms with Gasteiger partial charge >= 0.3 is 0 Å². The van der Waals surface area contributed by atoms with Gasteiger partial charge in [0, 0.05) is 23.7 Å². The van der Waals surface area contributed by atoms with Crippen LogP contribution in [0.2, 0.25) is 0 Å². The molecule has 1 N–H and O–H groups in total. The third-order valence-electron chi connectivity index (χ3n) is 4.23. The maximum Gasteiger partial charge on any atom is 0.254 e. The lowest BCUT2D eigenvalue weighted by Crippen LogP contribution is -2.46. The minimum atomic E-state index is 0.110. The largest absolute Gasteiger partial charge is 0.342 e. The van der Waals surface area contributed by atoms with Crippen molar-refractivity contribution in [1.29, 1.82) is 0 Å². The Balaban J connectivity index is 1.76. The molecule has 1 aliphatic heterocycles. The standard InChI is InChI=1S/C17H22N4O2/c1-2-11-21(15-7-9-18-10-8-15)17(22)14-5-3-13(4-6-14)16-19-12-23-20-16/h3-6,12,15,18H,2,7-11H2,1H3. The number of hydrogen-bond donors (Lipinski definition) is 1. The number of amides is 1. The van der Waals surface area contributed by atoms with Gasteiger partial charge in [-0.15, -0.1) is 0 Å². The van der Waals surface area contributed by atoms with Crippen LogP contribution in [0.25, 0.3) is 11.4 Å². The molecule has 6 heteroatoms. The van der Waals surface area contributed by atoms with Gasteiger partial charge in [0.25, 0.3) is 5.91 Å². The summed E-state index contributed by atoms with van der Waals surface area (Å²) in [4.78, 5) is 18.9. The predicted molar refractivity (Wildman–Crippen MR) is 87.0 cm³/mol. The van der Waals surface area contributed by atoms with E-state index in [0.29, 0.717) is 17.4 Å². The van der Waals surface area contributed by atoms with Crippen molar-refractivity contribution in [3.05, 3.63) is 36.2 Å². The molecule has 0 saturated carbocycles. The summed E-state index contributed by atoms with van der Waals surface area (Å²) in [6.07, 6.45) is 4.31. The fourth-order valence-corrected chi connectivity index (χ4v) is 3.03. The molecule has 0 unspecified atom stereocenters. The van der Waals surface area contributed by atoms with Gasteiger partial charge in [-0.1, -0.05) is 24.2 Å². The van der Waals surface area contributed by atoms with Crippen molar-refractivity contribution in [1.82, 2.24) is 20.4 Å². The third kappa shape index (κ3) is 3.59. The predicted octanol–water partition coefficient (Wildman–Crippen LogP) is 2.34. The zero-order valence-corrected chi connectivity index (χ0v) is 13.4. The van der Waals surface area contributed by atoms with E-state index in [1.54, 1.807) is 0 Å². The first-order chi connectivity index (χ1) is 11.3. The van der Waals surface area contributed by atoms with Crippen molar-refractivity contribution in [2.75, 3.05) is 19.6 Å². The van der Waals surface area contributed by atoms with Gasteiger partial charge in [-0.2, -0.15) is 4.98 Å². The first kappa shape index (κ1) is 15.7. The lowest BCUT2D eigenvalue weighted by atomic mass is 10.0. The van der Waals surface area contributed by atoms with Crippen LogP contribution in [0.15, 0.2) is 35.2 Å². The van der Waals surface area contributed by atoms with E-state index in [9.17, 15) is 4.79 Å². The van der Waals surface area contributed by atoms with Crippen LogP contribution in [0.1, 0.15) is 36.5 Å². The summed E-state index contributed by atoms with van der Waals surface area (Å²) in [5.41, 5.74) is 1.56. The first-order valence-electron chi connectivity index (χ1n) is 8.18. The fourth-order valence-electron chi connectivity index (χ4n) is 3.03. The Morgan fingerprint density at radius 2 is 2.04 bits per heavy atom. The molecule has 3 rings (SSSR count). The molecule has 2 aromatic rings. The smallest absolute Gasteiger partial charge is 0.254 e. The van der Waals surface area contributed by atoms with Gasteiger partial charge in [0.1, 0.15) is 0 Å². The van der Waals surface area contributed by atoms with E-state index in [0.717, 1.165) is 44.5 Å². The highest BCUT2D eigenvalue weighted by Crippen LogP contribution is 2.19. The summed E-state index contributed by atoms with van der Waals surface area (Å²) in [5.74, 6) is 0.645. The maximum absolute atomic E-state index is 12.9. The highest BCUT2D eigenvalue weighted by atomic mass is 16.5. The van der Waals surface area contributed by atoms with Crippen LogP contribution in [0.5, 0.6) is 0 Å². The van der Waals surface area contributed by atoms with Gasteiger partial charge in [0.15, 0.2) is 0 Å². The molecule has 6 nitrogen and oxygen atoms in total. The molecular formula is C17H22N4O2. The highest BCUT2D eigenvalue weighted by molar-refractivity contribution is 5.94. The topological polar surface area (TPSA) is 71.3 Å². The molecule has 2 heterocycles. The minimum Gasteiger partial charge on any atom is -0.342 e. The Kier molecular flexibility index (Phi) is 5.02. The van der Waals surface area contributed by atoms with Crippen LogP contribution in [-0.4, -0.2) is 46.6 Å². The molecule has 0 aliphatic carbocycles. The van der Waals surface area contributed by atoms with E-state index in [-0.39, 0.29) is 5.91 Å². The molecule has 1 aliphatic rings. The fraction of sp³-hybridized carbons (Fsp3) is 0.471. The van der Waals surface area contributed by atoms with Crippen LogP contribution in [0.3, 0.4) is 0 Å². The average molecular weight is 314 g/mol. The van der Waals surface area contributed by atoms with Crippen LogP contribution in [-0.2, 0) is 0 Å². The Bertz CT molecular complexity index is 619. The number of rotatable bonds is 5. The van der Waals surface area contributed by atoms with Crippen molar-refractivity contribution < 1.29 is 9.32 Å². The van der Waals surface area contributed by atoms with Gasteiger partial charge in [0.05, 0.1) is 0 Å². The molecular weight excluding hydrogens is 292 g/mol. The average Bonchev–Trinajstić information content (AvgIpc) is 3.15. The van der Waals surface area contributed by atoms with Crippen LogP contribution >= 0.6 is 0 Å². The van der Waals surface area contributed by atoms with E-state index in [2.05, 4.69) is 22.4 Å². The van der Waals surface area contributed by atoms with E-state index >= 15 is 0 Å². The number of aromatic nitrogens is 2. The zero-order chi connectivity index (χ0) is 16.1. The molecule has 0 bridgehead atoms. The second-order valence-electron chi connectivity index (χ2n) is 5.81. The lowest BCUT2D eigenvalue weighted by Gasteiger charge is -2.34. The number of nitrogens with zero attached hydrogens (tertiary/aromatic N) is 3. The number of hydrogen-bond acceptors (Lipinski definition) is 5. The van der Waals surface area contributed by atoms with Crippen molar-refractivity contribution in [2.24, 2.45) is 0 Å². The Morgan fingerprint density at radius 3 is 2.65 bits per heavy atom. The lowest BCUT2D eigenvalue weighted by molar-refractivity contribution is 0.0642. The summed E-state index contributed by atoms with van der Waals surface area (Å²) < 4.78 is 4.75. The van der Waals surface area contributed by atoms with Gasteiger partial charge in [0.2, 0.25) is 12.2 Å². The van der Waals surface area contributed by atoms with Crippen molar-refractivity contribution in [3.8, 4) is 11.4 Å². The number of benzene rings is 1. The Morgan fingerprint density at radius 1 is 1.30 bits per heavy atom. The molecule has 0 radical (unpaired) electrons. The van der Waals surface area contributed by atoms with Gasteiger partial charge in [-0.3, -0.25) is 4.79 Å². The summed E-state index contributed by atoms with van der Waals surface area (Å²) >= 11 is 0. The Hall–Kier alpha value is -2.21. The summed E-state index contributed by atoms with van der Waals surface area (Å²) in [6, 6.07) is 7.76. The summed E-state index contributed by atoms with van der Waals surface area (Å²) in [7, 11) is 0. The second kappa shape index (κ2) is 7.37. The third-order valence-corrected chi connectivity index (χ3v) is 4.23. The van der Waals surface area contributed by atoms with Crippen molar-refractivity contribution in [2.45, 2.75) is 32.2 Å². The van der Waals surface area contributed by atoms with Gasteiger partial charge in [-0.25, -0.2) is 0 Å². The first-order valence-corrected chi connectivity index (χ1v) is 8.18. The van der Waals surface area contributed by atoms with Crippen LogP contribution in [0.4, 0.5) is 0 Å². The number of carbonyl (C=O) groups excluding carboxylic acids is 1. The van der Waals surface area contributed by atoms with Crippen molar-refractivity contribution in [3.63, 3.8) is 0 Å². The molecule has 1 aromatic heterocycles. The normalized spacial score (nSPS) is 15.5. The van der Waals surface area contributed by atoms with Crippen LogP contribution < -0.4 is 5.32 Å². The molecule has 1 saturated heterocycles. The quantitative estimate of drug-likeness (QED) is 0.917. The minimum absolute atomic E-state index is 0.110. The maximum atomic E-state index is 12.9. The zero-order valence-electron chi connectivity index (χ0n) is 13.4. The van der Waals surface area contributed by atoms with Gasteiger partial charge < -0.3 is 14.7 Å². The summed E-state index contributed by atoms with van der Waals surface area (Å²) in [6.45, 7) is 4.88. The molecule has 1 aromatic carbocycles. The second-order valence-corrected chi connectivity index (χ2v) is 5.81. The van der Waals surface area contributed by atoms with Gasteiger partial charge in [-0.05, 0) is 44.5 Å². The van der Waals surface area contributed by atoms with E-state index in [1.807, 2.05) is 29.2 Å². The van der Waals surface area contributed by atoms with Crippen molar-refractivity contribution >= 4 is 5.91 Å². The number of carbonyl (C=O) groups is 1. The Labute approximate surface area is 135 Å². The monoisotopic (exact) mass is 314 g/mol. The molecule has 122 valence electrons. The molecule has 0 atom stereocenters. The van der Waals surface area contributed by atoms with E-state index in [1.165, 1.54) is 6.39 Å². The molecule has 1 amide bonds. The highest BCUT2D eigenvalue weighted by Gasteiger charge is 2.25. The number of piperidine rings is 1. The summed E-state index contributed by atoms with van der Waals surface area (Å²) in [5, 5.41) is 7.16. The molecule has 1 fully saturated rings. The molecule has 23 heavy (non-hydrogen) atoms. The van der Waals surface area contributed by atoms with E-state index < -0.39 is 0 Å². The number of nitrogens with one attached hydrogen (secondary N) is 1. The van der Waals surface area contributed by atoms with Crippen LogP contribution in [0, 0.1) is 0 Å². The van der Waals surface area contributed by atoms with E-state index in [4.69, 9.17) is 4.52 Å². The SMILES string of the molecule is CCCN(C(=O)c1ccc(-c2ncon2)cc1)C1CCNCC1.